The van der Waals surface area contributed by atoms with Crippen LogP contribution in [0.1, 0.15) is 77.8 Å². The minimum Gasteiger partial charge on any atom is -0.541 e. The minimum absolute atomic E-state index is 0. The van der Waals surface area contributed by atoms with Gasteiger partial charge in [0.2, 0.25) is 5.91 Å². The average molecular weight is 657 g/mol. The highest BCUT2D eigenvalue weighted by atomic mass is 35.5. The van der Waals surface area contributed by atoms with Crippen LogP contribution in [-0.4, -0.2) is 53.1 Å². The van der Waals surface area contributed by atoms with E-state index in [0.29, 0.717) is 17.9 Å². The zero-order valence-electron chi connectivity index (χ0n) is 28.8. The maximum absolute atomic E-state index is 13.1. The largest absolute Gasteiger partial charge is 0.541 e. The Kier molecular flexibility index (Phi) is 11.7. The van der Waals surface area contributed by atoms with E-state index in [-0.39, 0.29) is 28.4 Å². The molecule has 1 saturated heterocycles. The number of amides is 1. The van der Waals surface area contributed by atoms with Crippen LogP contribution in [0.15, 0.2) is 54.6 Å². The van der Waals surface area contributed by atoms with E-state index in [4.69, 9.17) is 8.85 Å². The highest BCUT2D eigenvalue weighted by molar-refractivity contribution is 6.75. The van der Waals surface area contributed by atoms with Gasteiger partial charge in [-0.25, -0.2) is 0 Å². The third-order valence-electron chi connectivity index (χ3n) is 10.3. The van der Waals surface area contributed by atoms with Crippen molar-refractivity contribution in [2.45, 2.75) is 109 Å². The summed E-state index contributed by atoms with van der Waals surface area (Å²) in [5.41, 5.74) is 2.41. The first-order valence-corrected chi connectivity index (χ1v) is 22.1. The smallest absolute Gasteiger partial charge is 0.250 e. The van der Waals surface area contributed by atoms with Crippen molar-refractivity contribution in [2.24, 2.45) is 5.92 Å². The maximum atomic E-state index is 13.1. The molecule has 2 aromatic rings. The van der Waals surface area contributed by atoms with E-state index in [0.717, 1.165) is 49.5 Å². The average Bonchev–Trinajstić information content (AvgIpc) is 3.71. The van der Waals surface area contributed by atoms with Crippen molar-refractivity contribution in [3.63, 3.8) is 0 Å². The number of carbonyl (C=O) groups is 1. The molecule has 0 radical (unpaired) electrons. The quantitative estimate of drug-likeness (QED) is 0.205. The molecule has 44 heavy (non-hydrogen) atoms. The summed E-state index contributed by atoms with van der Waals surface area (Å²) >= 11 is 0. The van der Waals surface area contributed by atoms with Crippen LogP contribution in [-0.2, 0) is 4.79 Å². The predicted molar refractivity (Wildman–Crippen MR) is 193 cm³/mol. The van der Waals surface area contributed by atoms with Gasteiger partial charge >= 0.3 is 0 Å². The Morgan fingerprint density at radius 1 is 0.886 bits per heavy atom. The second kappa shape index (κ2) is 14.1. The van der Waals surface area contributed by atoms with Gasteiger partial charge < -0.3 is 19.1 Å². The van der Waals surface area contributed by atoms with Crippen LogP contribution in [0.3, 0.4) is 0 Å². The number of hydrogen-bond donors (Lipinski definition) is 1. The fraction of sp³-hybridized carbons (Fsp3) is 0.583. The van der Waals surface area contributed by atoms with Crippen LogP contribution < -0.4 is 14.2 Å². The zero-order chi connectivity index (χ0) is 31.6. The Bertz CT molecular complexity index is 1280. The number of likely N-dealkylation sites (tertiary alicyclic amines) is 1. The van der Waals surface area contributed by atoms with Crippen molar-refractivity contribution in [2.75, 3.05) is 19.6 Å². The summed E-state index contributed by atoms with van der Waals surface area (Å²) in [6, 6.07) is 17.6. The number of piperidine rings is 1. The molecule has 244 valence electrons. The Balaban J connectivity index is 0.00000529. The molecule has 8 heteroatoms. The van der Waals surface area contributed by atoms with Gasteiger partial charge in [0.15, 0.2) is 0 Å². The van der Waals surface area contributed by atoms with E-state index in [9.17, 15) is 4.79 Å². The van der Waals surface area contributed by atoms with Gasteiger partial charge in [0.05, 0.1) is 0 Å². The van der Waals surface area contributed by atoms with Crippen molar-refractivity contribution in [1.82, 2.24) is 10.2 Å². The van der Waals surface area contributed by atoms with E-state index in [2.05, 4.69) is 109 Å². The number of hydrogen-bond acceptors (Lipinski definition) is 4. The zero-order valence-corrected chi connectivity index (χ0v) is 31.6. The Labute approximate surface area is 275 Å². The molecule has 0 unspecified atom stereocenters. The van der Waals surface area contributed by atoms with E-state index in [1.54, 1.807) is 6.08 Å². The van der Waals surface area contributed by atoms with Crippen molar-refractivity contribution >= 4 is 41.0 Å². The molecular formula is C36H57ClN2O3Si2. The Morgan fingerprint density at radius 2 is 1.45 bits per heavy atom. The summed E-state index contributed by atoms with van der Waals surface area (Å²) in [6.07, 6.45) is 7.01. The lowest BCUT2D eigenvalue weighted by atomic mass is 9.96. The molecule has 2 fully saturated rings. The SMILES string of the molecule is CC(C)(C)[Si](C)(C)Oc1ccc(/C=C/C(=O)N2CCC(CN[C@@H]3C[C@H]3c3ccccc3)CC2)cc1O[Si](C)(C)C(C)(C)C.Cl. The Morgan fingerprint density at radius 3 is 2.02 bits per heavy atom. The van der Waals surface area contributed by atoms with Crippen LogP contribution >= 0.6 is 12.4 Å². The molecule has 0 aromatic heterocycles. The Hall–Kier alpha value is -2.07. The fourth-order valence-electron chi connectivity index (χ4n) is 5.09. The molecule has 0 spiro atoms. The molecule has 1 heterocycles. The van der Waals surface area contributed by atoms with Crippen molar-refractivity contribution in [1.29, 1.82) is 0 Å². The number of carbonyl (C=O) groups excluding carboxylic acids is 1. The normalized spacial score (nSPS) is 19.9. The van der Waals surface area contributed by atoms with E-state index >= 15 is 0 Å². The van der Waals surface area contributed by atoms with E-state index in [1.165, 1.54) is 12.0 Å². The number of halogens is 1. The van der Waals surface area contributed by atoms with Crippen LogP contribution in [0.25, 0.3) is 6.08 Å². The monoisotopic (exact) mass is 656 g/mol. The third-order valence-corrected chi connectivity index (χ3v) is 19.0. The summed E-state index contributed by atoms with van der Waals surface area (Å²) in [7, 11) is -4.16. The number of benzene rings is 2. The number of nitrogens with one attached hydrogen (secondary N) is 1. The van der Waals surface area contributed by atoms with Crippen LogP contribution in [0.4, 0.5) is 0 Å². The molecule has 2 atom stereocenters. The lowest BCUT2D eigenvalue weighted by molar-refractivity contribution is -0.127. The summed E-state index contributed by atoms with van der Waals surface area (Å²) in [5.74, 6) is 2.99. The number of nitrogens with zero attached hydrogens (tertiary/aromatic N) is 1. The van der Waals surface area contributed by atoms with E-state index < -0.39 is 16.6 Å². The number of rotatable bonds is 10. The van der Waals surface area contributed by atoms with Crippen molar-refractivity contribution in [3.05, 3.63) is 65.7 Å². The van der Waals surface area contributed by atoms with Gasteiger partial charge in [0.25, 0.3) is 16.6 Å². The highest BCUT2D eigenvalue weighted by Crippen LogP contribution is 2.44. The first kappa shape index (κ1) is 36.4. The molecule has 2 aromatic carbocycles. The third kappa shape index (κ3) is 9.24. The summed E-state index contributed by atoms with van der Waals surface area (Å²) in [5, 5.41) is 3.93. The molecule has 1 N–H and O–H groups in total. The lowest BCUT2D eigenvalue weighted by Gasteiger charge is -2.39. The predicted octanol–water partition coefficient (Wildman–Crippen LogP) is 9.27. The van der Waals surface area contributed by atoms with Crippen LogP contribution in [0, 0.1) is 5.92 Å². The van der Waals surface area contributed by atoms with Gasteiger partial charge in [-0.05, 0) is 97.3 Å². The summed E-state index contributed by atoms with van der Waals surface area (Å²) in [6.45, 7) is 25.3. The summed E-state index contributed by atoms with van der Waals surface area (Å²) < 4.78 is 13.5. The topological polar surface area (TPSA) is 50.8 Å². The molecular weight excluding hydrogens is 600 g/mol. The molecule has 4 rings (SSSR count). The van der Waals surface area contributed by atoms with Crippen LogP contribution in [0.5, 0.6) is 11.5 Å². The summed E-state index contributed by atoms with van der Waals surface area (Å²) in [4.78, 5) is 15.1. The second-order valence-corrected chi connectivity index (χ2v) is 25.3. The van der Waals surface area contributed by atoms with Gasteiger partial charge in [-0.15, -0.1) is 12.4 Å². The highest BCUT2D eigenvalue weighted by Gasteiger charge is 2.42. The molecule has 1 amide bonds. The van der Waals surface area contributed by atoms with Gasteiger partial charge in [-0.2, -0.15) is 0 Å². The van der Waals surface area contributed by atoms with Crippen molar-refractivity contribution < 1.29 is 13.6 Å². The second-order valence-electron chi connectivity index (χ2n) is 15.8. The maximum Gasteiger partial charge on any atom is 0.250 e. The molecule has 0 bridgehead atoms. The van der Waals surface area contributed by atoms with Crippen LogP contribution in [0.2, 0.25) is 36.3 Å². The van der Waals surface area contributed by atoms with Crippen molar-refractivity contribution in [3.8, 4) is 11.5 Å². The van der Waals surface area contributed by atoms with Gasteiger partial charge in [-0.1, -0.05) is 77.9 Å². The van der Waals surface area contributed by atoms with E-state index in [1.807, 2.05) is 23.1 Å². The first-order chi connectivity index (χ1) is 20.0. The molecule has 2 aliphatic rings. The molecule has 5 nitrogen and oxygen atoms in total. The lowest BCUT2D eigenvalue weighted by Crippen LogP contribution is -2.45. The van der Waals surface area contributed by atoms with Gasteiger partial charge in [0, 0.05) is 31.1 Å². The standard InChI is InChI=1S/C36H56N2O3Si2.ClH/c1-35(2,3)42(7,8)40-32-18-16-27(24-33(32)41-43(9,10)36(4,5)6)17-19-34(39)38-22-20-28(21-23-38)26-37-31-25-30(31)29-14-12-11-13-15-29;/h11-19,24,28,30-31,37H,20-23,25-26H2,1-10H3;1H/b19-17+;/t30-,31+;/m0./s1. The molecule has 1 aliphatic carbocycles. The molecule has 1 saturated carbocycles. The fourth-order valence-corrected chi connectivity index (χ4v) is 7.13. The first-order valence-electron chi connectivity index (χ1n) is 16.2. The van der Waals surface area contributed by atoms with Gasteiger partial charge in [-0.3, -0.25) is 4.79 Å². The van der Waals surface area contributed by atoms with Gasteiger partial charge in [0.1, 0.15) is 11.5 Å². The molecule has 1 aliphatic heterocycles. The minimum atomic E-state index is -2.10.